The Morgan fingerprint density at radius 2 is 1.44 bits per heavy atom. The van der Waals surface area contributed by atoms with Crippen LogP contribution in [0.15, 0.2) is 69.7 Å². The second-order valence-corrected chi connectivity index (χ2v) is 4.87. The highest BCUT2D eigenvalue weighted by Gasteiger charge is 2.14. The second kappa shape index (κ2) is 5.07. The zero-order chi connectivity index (χ0) is 13.0. The van der Waals surface area contributed by atoms with E-state index in [9.17, 15) is 8.42 Å². The number of nitrogens with zero attached hydrogens (tertiary/aromatic N) is 2. The van der Waals surface area contributed by atoms with E-state index < -0.39 is 10.1 Å². The summed E-state index contributed by atoms with van der Waals surface area (Å²) in [5, 5.41) is 7.73. The summed E-state index contributed by atoms with van der Waals surface area (Å²) in [4.78, 5) is -0.260. The van der Waals surface area contributed by atoms with Crippen LogP contribution in [0, 0.1) is 0 Å². The Morgan fingerprint density at radius 1 is 0.833 bits per heavy atom. The van der Waals surface area contributed by atoms with Crippen LogP contribution in [0.1, 0.15) is 0 Å². The number of hydrogen-bond acceptors (Lipinski definition) is 4. The second-order valence-electron chi connectivity index (χ2n) is 3.48. The largest absolute Gasteiger partial charge is 0.296 e. The normalized spacial score (nSPS) is 11.8. The molecule has 0 atom stereocenters. The lowest BCUT2D eigenvalue weighted by atomic mass is 10.3. The Kier molecular flexibility index (Phi) is 3.50. The lowest BCUT2D eigenvalue weighted by Gasteiger charge is -2.00. The first kappa shape index (κ1) is 12.4. The molecule has 1 N–H and O–H groups in total. The van der Waals surface area contributed by atoms with Gasteiger partial charge >= 0.3 is 0 Å². The molecule has 0 unspecified atom stereocenters. The summed E-state index contributed by atoms with van der Waals surface area (Å²) < 4.78 is 31.3. The topological polar surface area (TPSA) is 79.1 Å². The molecule has 2 rings (SSSR count). The van der Waals surface area contributed by atoms with Crippen LogP contribution in [0.2, 0.25) is 0 Å². The molecule has 0 saturated carbocycles. The van der Waals surface area contributed by atoms with E-state index in [2.05, 4.69) is 10.2 Å². The van der Waals surface area contributed by atoms with Gasteiger partial charge in [-0.1, -0.05) is 30.3 Å². The predicted octanol–water partition coefficient (Wildman–Crippen LogP) is 3.35. The van der Waals surface area contributed by atoms with Crippen LogP contribution >= 0.6 is 0 Å². The van der Waals surface area contributed by atoms with E-state index in [0.717, 1.165) is 0 Å². The zero-order valence-corrected chi connectivity index (χ0v) is 10.1. The molecular formula is C12H10N2O3S. The first-order valence-corrected chi connectivity index (χ1v) is 6.55. The summed E-state index contributed by atoms with van der Waals surface area (Å²) in [6.07, 6.45) is 0. The van der Waals surface area contributed by atoms with Gasteiger partial charge in [0.05, 0.1) is 5.69 Å². The molecule has 0 amide bonds. The highest BCUT2D eigenvalue weighted by molar-refractivity contribution is 7.86. The van der Waals surface area contributed by atoms with Crippen molar-refractivity contribution in [2.24, 2.45) is 10.2 Å². The molecule has 92 valence electrons. The number of rotatable bonds is 3. The molecule has 0 heterocycles. The molecule has 0 aliphatic carbocycles. The molecule has 0 saturated heterocycles. The maximum absolute atomic E-state index is 11.1. The van der Waals surface area contributed by atoms with Crippen LogP contribution in [-0.4, -0.2) is 13.0 Å². The van der Waals surface area contributed by atoms with Crippen LogP contribution < -0.4 is 0 Å². The molecule has 2 aromatic carbocycles. The van der Waals surface area contributed by atoms with Crippen molar-refractivity contribution in [3.8, 4) is 0 Å². The van der Waals surface area contributed by atoms with E-state index >= 15 is 0 Å². The molecule has 0 radical (unpaired) electrons. The van der Waals surface area contributed by atoms with Gasteiger partial charge in [-0.3, -0.25) is 4.55 Å². The van der Waals surface area contributed by atoms with Crippen LogP contribution in [-0.2, 0) is 10.1 Å². The molecule has 0 spiro atoms. The lowest BCUT2D eigenvalue weighted by molar-refractivity contribution is 0.483. The summed E-state index contributed by atoms with van der Waals surface area (Å²) in [5.74, 6) is 0. The van der Waals surface area contributed by atoms with Gasteiger partial charge in [0.1, 0.15) is 10.6 Å². The van der Waals surface area contributed by atoms with Gasteiger partial charge in [0.15, 0.2) is 0 Å². The third-order valence-electron chi connectivity index (χ3n) is 2.17. The third kappa shape index (κ3) is 2.99. The van der Waals surface area contributed by atoms with Gasteiger partial charge in [0.25, 0.3) is 10.1 Å². The van der Waals surface area contributed by atoms with Crippen molar-refractivity contribution in [2.75, 3.05) is 0 Å². The molecule has 2 aromatic rings. The van der Waals surface area contributed by atoms with Crippen molar-refractivity contribution in [1.29, 1.82) is 0 Å². The number of azo groups is 1. The highest BCUT2D eigenvalue weighted by atomic mass is 32.2. The van der Waals surface area contributed by atoms with E-state index in [-0.39, 0.29) is 10.6 Å². The highest BCUT2D eigenvalue weighted by Crippen LogP contribution is 2.25. The third-order valence-corrected chi connectivity index (χ3v) is 3.07. The van der Waals surface area contributed by atoms with Gasteiger partial charge in [0, 0.05) is 0 Å². The molecule has 0 bridgehead atoms. The van der Waals surface area contributed by atoms with Crippen LogP contribution in [0.5, 0.6) is 0 Å². The molecular weight excluding hydrogens is 252 g/mol. The Bertz CT molecular complexity index is 667. The van der Waals surface area contributed by atoms with E-state index in [1.165, 1.54) is 18.2 Å². The molecule has 0 aliphatic heterocycles. The summed E-state index contributed by atoms with van der Waals surface area (Å²) >= 11 is 0. The van der Waals surface area contributed by atoms with E-state index in [4.69, 9.17) is 4.55 Å². The summed E-state index contributed by atoms with van der Waals surface area (Å²) in [6.45, 7) is 0. The predicted molar refractivity (Wildman–Crippen MR) is 66.9 cm³/mol. The molecule has 6 heteroatoms. The lowest BCUT2D eigenvalue weighted by Crippen LogP contribution is -1.97. The minimum absolute atomic E-state index is 0.101. The van der Waals surface area contributed by atoms with Crippen LogP contribution in [0.25, 0.3) is 0 Å². The molecule has 5 nitrogen and oxygen atoms in total. The monoisotopic (exact) mass is 262 g/mol. The Morgan fingerprint density at radius 3 is 2.11 bits per heavy atom. The number of hydrogen-bond donors (Lipinski definition) is 1. The zero-order valence-electron chi connectivity index (χ0n) is 9.26. The molecule has 0 fully saturated rings. The minimum atomic E-state index is -4.29. The fourth-order valence-corrected chi connectivity index (χ4v) is 1.99. The van der Waals surface area contributed by atoms with Gasteiger partial charge in [0.2, 0.25) is 0 Å². The van der Waals surface area contributed by atoms with E-state index in [1.54, 1.807) is 30.3 Å². The van der Waals surface area contributed by atoms with Gasteiger partial charge < -0.3 is 0 Å². The van der Waals surface area contributed by atoms with Crippen LogP contribution in [0.4, 0.5) is 11.4 Å². The fourth-order valence-electron chi connectivity index (χ4n) is 1.36. The van der Waals surface area contributed by atoms with Crippen LogP contribution in [0.3, 0.4) is 0 Å². The van der Waals surface area contributed by atoms with Gasteiger partial charge in [-0.05, 0) is 24.3 Å². The van der Waals surface area contributed by atoms with Crippen molar-refractivity contribution in [2.45, 2.75) is 4.90 Å². The van der Waals surface area contributed by atoms with E-state index in [1.807, 2.05) is 6.07 Å². The SMILES string of the molecule is O=S(=O)(O)c1ccccc1/N=N/c1ccccc1. The summed E-state index contributed by atoms with van der Waals surface area (Å²) in [6, 6.07) is 14.8. The summed E-state index contributed by atoms with van der Waals surface area (Å²) in [5.41, 5.74) is 0.700. The van der Waals surface area contributed by atoms with Crippen molar-refractivity contribution < 1.29 is 13.0 Å². The Labute approximate surface area is 105 Å². The Balaban J connectivity index is 2.39. The standard InChI is InChI=1S/C12H10N2O3S/c15-18(16,17)12-9-5-4-8-11(12)14-13-10-6-2-1-3-7-10/h1-9H,(H,15,16,17)/b14-13+. The van der Waals surface area contributed by atoms with Gasteiger partial charge in [-0.2, -0.15) is 13.5 Å². The van der Waals surface area contributed by atoms with Crippen molar-refractivity contribution in [1.82, 2.24) is 0 Å². The average molecular weight is 262 g/mol. The molecule has 18 heavy (non-hydrogen) atoms. The van der Waals surface area contributed by atoms with Crippen molar-refractivity contribution >= 4 is 21.5 Å². The summed E-state index contributed by atoms with van der Waals surface area (Å²) in [7, 11) is -4.29. The maximum atomic E-state index is 11.1. The Hall–Kier alpha value is -2.05. The van der Waals surface area contributed by atoms with Gasteiger partial charge in [-0.15, -0.1) is 5.11 Å². The smallest absolute Gasteiger partial charge is 0.282 e. The number of benzene rings is 2. The minimum Gasteiger partial charge on any atom is -0.282 e. The van der Waals surface area contributed by atoms with E-state index in [0.29, 0.717) is 5.69 Å². The fraction of sp³-hybridized carbons (Fsp3) is 0. The quantitative estimate of drug-likeness (QED) is 0.680. The molecule has 0 aromatic heterocycles. The van der Waals surface area contributed by atoms with Crippen molar-refractivity contribution in [3.63, 3.8) is 0 Å². The average Bonchev–Trinajstić information content (AvgIpc) is 2.37. The molecule has 0 aliphatic rings. The van der Waals surface area contributed by atoms with Gasteiger partial charge in [-0.25, -0.2) is 0 Å². The first-order chi connectivity index (χ1) is 8.57. The van der Waals surface area contributed by atoms with Crippen molar-refractivity contribution in [3.05, 3.63) is 54.6 Å². The maximum Gasteiger partial charge on any atom is 0.296 e. The first-order valence-electron chi connectivity index (χ1n) is 5.11.